The third-order valence-electron chi connectivity index (χ3n) is 27.4. The number of fused-ring (bicyclic) bond motifs is 5. The molecular formula is C116H116N20O6S2. The maximum atomic E-state index is 13.0. The van der Waals surface area contributed by atoms with Crippen molar-refractivity contribution < 1.29 is 26.7 Å². The third kappa shape index (κ3) is 24.9. The first-order valence-corrected chi connectivity index (χ1v) is 52.1. The number of primary amides is 1. The molecule has 5 aliphatic rings. The van der Waals surface area contributed by atoms with Gasteiger partial charge in [-0.2, -0.15) is 25.4 Å². The van der Waals surface area contributed by atoms with Gasteiger partial charge in [-0.3, -0.25) is 24.9 Å². The molecular weight excluding hydrogens is 1830 g/mol. The van der Waals surface area contributed by atoms with Crippen LogP contribution in [0.15, 0.2) is 316 Å². The number of sulfonamides is 2. The number of aromatic nitrogens is 5. The number of nitrogens with one attached hydrogen (secondary N) is 6. The fourth-order valence-corrected chi connectivity index (χ4v) is 22.2. The van der Waals surface area contributed by atoms with E-state index in [9.17, 15) is 42.7 Å². The largest absolute Gasteiger partial charge is 0.395 e. The van der Waals surface area contributed by atoms with Crippen molar-refractivity contribution in [1.29, 1.82) is 21.0 Å². The highest BCUT2D eigenvalue weighted by molar-refractivity contribution is 7.89. The standard InChI is InChI=1S/C27H24N4O2S.C24H26N4O2S.C23H24N4O.C22H21N5O.C20H21N3/c28-18-20-5-4-6-21(15-20)23-16-22-9-12-29-19-26(22)27(17-23)30-24-10-13-31(14-11-24)34(32,33)25-7-2-1-3-8-25;1-17(2)31(29,30)28-10-7-22(8-11-28)27-24-14-21(13-20-6-9-26-16-23(20)24)19-5-3-4-18(12-19)15-25;24-15-17-2-1-3-18(12-17)20-13-19-4-7-25-16-22(19)23(14-20)26-21-5-8-27(9-6-21)10-11-28;23-13-15-2-1-3-16(10-15)18-11-17-4-7-25-14-20(17)21(12-18)26-19-5-8-27(9-6-19)22(24)28;1-2-4-15(5-3-1)17-12-16-6-9-22-14-19(16)20(13-17)23-18-7-10-21-11-8-18/h1-9,12,15-17,19,24,30H,10-11,13-14H2;3-6,9,12-14,16-17,22,27H,7-8,10-11H2,1-2H3;1-4,7,12-14,16,21,26,28H,5-6,8-11H2;1-4,7,10-12,14,19,26H,5-6,8-9H2,(H2,24,28);1-6,9,12-14,18,21,23H,7-8,10-11H2. The lowest BCUT2D eigenvalue weighted by atomic mass is 9.98. The van der Waals surface area contributed by atoms with Gasteiger partial charge in [-0.15, -0.1) is 0 Å². The zero-order valence-electron chi connectivity index (χ0n) is 80.7. The minimum absolute atomic E-state index is 0.145. The number of aliphatic hydroxyl groups is 1. The van der Waals surface area contributed by atoms with Crippen LogP contribution in [0.4, 0.5) is 33.2 Å². The molecule has 5 saturated heterocycles. The first kappa shape index (κ1) is 99.9. The minimum Gasteiger partial charge on any atom is -0.395 e. The molecule has 26 nitrogen and oxygen atoms in total. The summed E-state index contributed by atoms with van der Waals surface area (Å²) < 4.78 is 54.0. The Hall–Kier alpha value is -15.6. The molecule has 0 radical (unpaired) electrons. The molecule has 21 rings (SSSR count). The minimum atomic E-state index is -3.47. The molecule has 11 aromatic carbocycles. The summed E-state index contributed by atoms with van der Waals surface area (Å²) in [6.07, 6.45) is 27.5. The molecule has 28 heteroatoms. The Labute approximate surface area is 841 Å². The Morgan fingerprint density at radius 2 is 0.646 bits per heavy atom. The van der Waals surface area contributed by atoms with Crippen LogP contribution in [-0.2, 0) is 20.0 Å². The van der Waals surface area contributed by atoms with E-state index in [0.29, 0.717) is 91.3 Å². The zero-order valence-corrected chi connectivity index (χ0v) is 82.3. The number of nitrogens with zero attached hydrogens (tertiary/aromatic N) is 13. The number of anilines is 5. The maximum Gasteiger partial charge on any atom is 0.314 e. The predicted molar refractivity (Wildman–Crippen MR) is 576 cm³/mol. The smallest absolute Gasteiger partial charge is 0.314 e. The second kappa shape index (κ2) is 47.3. The molecule has 0 aliphatic carbocycles. The van der Waals surface area contributed by atoms with Gasteiger partial charge in [0, 0.05) is 206 Å². The van der Waals surface area contributed by atoms with E-state index in [1.807, 2.05) is 153 Å². The number of piperidine rings is 5. The molecule has 0 spiro atoms. The van der Waals surface area contributed by atoms with Crippen LogP contribution in [-0.4, -0.2) is 185 Å². The third-order valence-corrected chi connectivity index (χ3v) is 31.6. The van der Waals surface area contributed by atoms with Crippen molar-refractivity contribution in [3.63, 3.8) is 0 Å². The second-order valence-corrected chi connectivity index (χ2v) is 41.6. The van der Waals surface area contributed by atoms with Crippen molar-refractivity contribution in [3.8, 4) is 79.9 Å². The molecule has 16 aromatic rings. The van der Waals surface area contributed by atoms with Crippen LogP contribution in [0.5, 0.6) is 0 Å². The van der Waals surface area contributed by atoms with Crippen molar-refractivity contribution in [3.05, 3.63) is 333 Å². The summed E-state index contributed by atoms with van der Waals surface area (Å²) in [5.41, 5.74) is 23.9. The van der Waals surface area contributed by atoms with Crippen molar-refractivity contribution in [1.82, 2.24) is 48.6 Å². The van der Waals surface area contributed by atoms with Crippen LogP contribution in [0.2, 0.25) is 0 Å². The van der Waals surface area contributed by atoms with Gasteiger partial charge in [0.05, 0.1) is 63.3 Å². The predicted octanol–water partition coefficient (Wildman–Crippen LogP) is 20.9. The number of amides is 2. The number of pyridine rings is 5. The molecule has 5 aliphatic heterocycles. The molecule has 9 N–H and O–H groups in total. The number of urea groups is 1. The SMILES string of the molecule is CC(C)S(=O)(=O)N1CCC(Nc2cc(-c3cccc(C#N)c3)cc3ccncc23)CC1.N#Cc1cccc(-c2cc(NC3CCN(C(N)=O)CC3)c3cnccc3c2)c1.N#Cc1cccc(-c2cc(NC3CCN(CCO)CC3)c3cnccc3c2)c1.N#Cc1cccc(-c2cc(NC3CCN(S(=O)(=O)c4ccccc4)CC3)c3cnccc3c2)c1.c1ccc(-c2cc(NC3CCNCC3)c3cnccc3c2)cc1. The molecule has 5 fully saturated rings. The molecule has 0 bridgehead atoms. The van der Waals surface area contributed by atoms with Crippen molar-refractivity contribution in [2.75, 3.05) is 105 Å². The summed E-state index contributed by atoms with van der Waals surface area (Å²) in [5.74, 6) is 0. The van der Waals surface area contributed by atoms with Gasteiger partial charge < -0.3 is 52.5 Å². The average Bonchev–Trinajstić information content (AvgIpc) is 0.784. The van der Waals surface area contributed by atoms with Gasteiger partial charge in [0.2, 0.25) is 20.0 Å². The van der Waals surface area contributed by atoms with Crippen LogP contribution < -0.4 is 37.6 Å². The maximum absolute atomic E-state index is 13.0. The van der Waals surface area contributed by atoms with E-state index in [-0.39, 0.29) is 30.8 Å². The highest BCUT2D eigenvalue weighted by atomic mass is 32.2. The summed E-state index contributed by atoms with van der Waals surface area (Å²) in [7, 11) is -6.68. The van der Waals surface area contributed by atoms with Crippen LogP contribution in [0.25, 0.3) is 109 Å². The van der Waals surface area contributed by atoms with E-state index in [2.05, 4.69) is 183 Å². The van der Waals surface area contributed by atoms with E-state index in [0.717, 1.165) is 194 Å². The monoisotopic (exact) mass is 1950 g/mol. The number of benzene rings is 11. The van der Waals surface area contributed by atoms with Crippen molar-refractivity contribution in [2.45, 2.75) is 118 Å². The fourth-order valence-electron chi connectivity index (χ4n) is 19.4. The van der Waals surface area contributed by atoms with Gasteiger partial charge in [0.15, 0.2) is 0 Å². The Morgan fingerprint density at radius 3 is 0.951 bits per heavy atom. The number of nitriles is 4. The van der Waals surface area contributed by atoms with Gasteiger partial charge in [-0.1, -0.05) is 97.1 Å². The number of hydrogen-bond donors (Lipinski definition) is 8. The van der Waals surface area contributed by atoms with Crippen molar-refractivity contribution in [2.24, 2.45) is 5.73 Å². The Morgan fingerprint density at radius 1 is 0.361 bits per heavy atom. The molecule has 728 valence electrons. The fraction of sp³-hybridized carbons (Fsp3) is 0.259. The topological polar surface area (TPSA) is 376 Å². The Kier molecular flexibility index (Phi) is 32.8. The number of β-amino-alcohol motifs (C(OH)–C–C–N with tert-alkyl or cyclic N) is 1. The number of hydrogen-bond acceptors (Lipinski definition) is 22. The van der Waals surface area contributed by atoms with E-state index < -0.39 is 25.3 Å². The quantitative estimate of drug-likeness (QED) is 0.0331. The van der Waals surface area contributed by atoms with Crippen LogP contribution in [0.3, 0.4) is 0 Å². The summed E-state index contributed by atoms with van der Waals surface area (Å²) in [4.78, 5) is 37.2. The Bertz CT molecular complexity index is 7650. The van der Waals surface area contributed by atoms with E-state index >= 15 is 0 Å². The molecule has 5 aromatic heterocycles. The van der Waals surface area contributed by atoms with Crippen LogP contribution in [0, 0.1) is 45.3 Å². The number of rotatable bonds is 21. The van der Waals surface area contributed by atoms with Crippen LogP contribution in [0.1, 0.15) is 100 Å². The molecule has 2 amide bonds. The van der Waals surface area contributed by atoms with Gasteiger partial charge in [-0.05, 0) is 325 Å². The van der Waals surface area contributed by atoms with Gasteiger partial charge >= 0.3 is 6.03 Å². The number of nitrogens with two attached hydrogens (primary N) is 1. The number of likely N-dealkylation sites (tertiary alicyclic amines) is 2. The summed E-state index contributed by atoms with van der Waals surface area (Å²) in [6.45, 7) is 11.9. The Balaban J connectivity index is 0.000000124. The molecule has 144 heavy (non-hydrogen) atoms. The zero-order chi connectivity index (χ0) is 99.9. The second-order valence-electron chi connectivity index (χ2n) is 37.2. The van der Waals surface area contributed by atoms with E-state index in [1.165, 1.54) is 27.6 Å². The normalized spacial score (nSPS) is 15.3. The lowest BCUT2D eigenvalue weighted by Crippen LogP contribution is -2.44. The molecule has 0 saturated carbocycles. The van der Waals surface area contributed by atoms with E-state index in [1.54, 1.807) is 88.4 Å². The highest BCUT2D eigenvalue weighted by Crippen LogP contribution is 2.40. The van der Waals surface area contributed by atoms with Crippen molar-refractivity contribution >= 4 is 108 Å². The first-order chi connectivity index (χ1) is 70.2. The number of carbonyl (C=O) groups excluding carboxylic acids is 1. The highest BCUT2D eigenvalue weighted by Gasteiger charge is 2.33. The first-order valence-electron chi connectivity index (χ1n) is 49.1. The summed E-state index contributed by atoms with van der Waals surface area (Å²) >= 11 is 0. The van der Waals surface area contributed by atoms with Crippen LogP contribution >= 0.6 is 0 Å². The number of aliphatic hydroxyl groups excluding tert-OH is 1. The van der Waals surface area contributed by atoms with Gasteiger partial charge in [-0.25, -0.2) is 25.9 Å². The number of carbonyl (C=O) groups is 1. The molecule has 0 unspecified atom stereocenters. The molecule has 0 atom stereocenters. The summed E-state index contributed by atoms with van der Waals surface area (Å²) in [5, 5.41) is 78.5. The lowest BCUT2D eigenvalue weighted by Gasteiger charge is -2.33. The van der Waals surface area contributed by atoms with E-state index in [4.69, 9.17) is 10.8 Å². The average molecular weight is 1950 g/mol. The summed E-state index contributed by atoms with van der Waals surface area (Å²) in [6, 6.07) is 91.2. The molecule has 10 heterocycles. The van der Waals surface area contributed by atoms with Gasteiger partial charge in [0.25, 0.3) is 0 Å². The lowest BCUT2D eigenvalue weighted by molar-refractivity contribution is 0.168. The van der Waals surface area contributed by atoms with Gasteiger partial charge in [0.1, 0.15) is 0 Å².